The Balaban J connectivity index is 1.99. The molecular formula is C19H18O4. The van der Waals surface area contributed by atoms with Crippen LogP contribution in [-0.4, -0.2) is 17.3 Å². The molecule has 0 aliphatic heterocycles. The molecule has 0 atom stereocenters. The molecule has 0 unspecified atom stereocenters. The van der Waals surface area contributed by atoms with E-state index in [0.717, 1.165) is 5.56 Å². The summed E-state index contributed by atoms with van der Waals surface area (Å²) in [6, 6.07) is 14.5. The average Bonchev–Trinajstić information content (AvgIpc) is 2.53. The highest BCUT2D eigenvalue weighted by Crippen LogP contribution is 2.23. The highest BCUT2D eigenvalue weighted by molar-refractivity contribution is 5.82. The number of fused-ring (bicyclic) bond motifs is 1. The van der Waals surface area contributed by atoms with Gasteiger partial charge in [0.05, 0.1) is 16.6 Å². The van der Waals surface area contributed by atoms with Crippen LogP contribution >= 0.6 is 0 Å². The number of hydrogen-bond donors (Lipinski definition) is 1. The van der Waals surface area contributed by atoms with Crippen molar-refractivity contribution in [2.24, 2.45) is 0 Å². The molecule has 1 heterocycles. The lowest BCUT2D eigenvalue weighted by molar-refractivity contribution is 0.0285. The predicted octanol–water partition coefficient (Wildman–Crippen LogP) is 3.61. The first-order chi connectivity index (χ1) is 10.9. The van der Waals surface area contributed by atoms with Crippen LogP contribution in [0.25, 0.3) is 22.1 Å². The highest BCUT2D eigenvalue weighted by Gasteiger charge is 2.14. The van der Waals surface area contributed by atoms with Crippen LogP contribution in [0.3, 0.4) is 0 Å². The Morgan fingerprint density at radius 3 is 2.57 bits per heavy atom. The van der Waals surface area contributed by atoms with Gasteiger partial charge in [-0.2, -0.15) is 0 Å². The van der Waals surface area contributed by atoms with Gasteiger partial charge >= 0.3 is 0 Å². The fourth-order valence-corrected chi connectivity index (χ4v) is 2.28. The number of rotatable bonds is 4. The van der Waals surface area contributed by atoms with Gasteiger partial charge in [0, 0.05) is 6.07 Å². The third-order valence-corrected chi connectivity index (χ3v) is 3.42. The lowest BCUT2D eigenvalue weighted by Gasteiger charge is -2.17. The second-order valence-corrected chi connectivity index (χ2v) is 6.10. The summed E-state index contributed by atoms with van der Waals surface area (Å²) in [6.45, 7) is 3.49. The smallest absolute Gasteiger partial charge is 0.200 e. The lowest BCUT2D eigenvalue weighted by Crippen LogP contribution is -2.27. The molecule has 1 N–H and O–H groups in total. The molecule has 118 valence electrons. The number of ether oxygens (including phenoxy) is 1. The van der Waals surface area contributed by atoms with E-state index in [9.17, 15) is 9.90 Å². The highest BCUT2D eigenvalue weighted by atomic mass is 16.5. The third kappa shape index (κ3) is 3.43. The number of aliphatic hydroxyl groups is 1. The van der Waals surface area contributed by atoms with Gasteiger partial charge in [-0.3, -0.25) is 4.79 Å². The second kappa shape index (κ2) is 5.89. The largest absolute Gasteiger partial charge is 0.490 e. The van der Waals surface area contributed by atoms with E-state index in [4.69, 9.17) is 9.15 Å². The van der Waals surface area contributed by atoms with Crippen LogP contribution in [0.5, 0.6) is 5.75 Å². The van der Waals surface area contributed by atoms with Gasteiger partial charge in [0.15, 0.2) is 5.43 Å². The van der Waals surface area contributed by atoms with Crippen LogP contribution in [0, 0.1) is 0 Å². The lowest BCUT2D eigenvalue weighted by atomic mass is 10.1. The minimum atomic E-state index is -0.924. The van der Waals surface area contributed by atoms with Crippen LogP contribution in [0.1, 0.15) is 13.8 Å². The maximum atomic E-state index is 12.6. The monoisotopic (exact) mass is 310 g/mol. The van der Waals surface area contributed by atoms with Gasteiger partial charge in [0.25, 0.3) is 0 Å². The van der Waals surface area contributed by atoms with Crippen molar-refractivity contribution in [1.82, 2.24) is 0 Å². The van der Waals surface area contributed by atoms with Crippen LogP contribution in [0.4, 0.5) is 0 Å². The van der Waals surface area contributed by atoms with Crippen molar-refractivity contribution in [2.75, 3.05) is 6.61 Å². The van der Waals surface area contributed by atoms with Crippen LogP contribution in [0.15, 0.2) is 64.0 Å². The molecule has 0 bridgehead atoms. The van der Waals surface area contributed by atoms with Crippen LogP contribution in [-0.2, 0) is 0 Å². The molecule has 2 aromatic carbocycles. The van der Waals surface area contributed by atoms with E-state index in [1.54, 1.807) is 32.0 Å². The average molecular weight is 310 g/mol. The SMILES string of the molecule is CC(C)(O)COc1ccc2c(=O)c(-c3ccccc3)coc2c1. The zero-order valence-electron chi connectivity index (χ0n) is 13.1. The van der Waals surface area contributed by atoms with Crippen molar-refractivity contribution in [3.63, 3.8) is 0 Å². The zero-order chi connectivity index (χ0) is 16.4. The Morgan fingerprint density at radius 1 is 1.13 bits per heavy atom. The summed E-state index contributed by atoms with van der Waals surface area (Å²) in [5, 5.41) is 10.2. The van der Waals surface area contributed by atoms with Gasteiger partial charge < -0.3 is 14.3 Å². The summed E-state index contributed by atoms with van der Waals surface area (Å²) in [5.74, 6) is 0.551. The van der Waals surface area contributed by atoms with Crippen molar-refractivity contribution in [3.05, 3.63) is 65.0 Å². The van der Waals surface area contributed by atoms with E-state index >= 15 is 0 Å². The summed E-state index contributed by atoms with van der Waals surface area (Å²) in [5.41, 5.74) is 0.815. The first-order valence-electron chi connectivity index (χ1n) is 7.40. The molecule has 0 fully saturated rings. The summed E-state index contributed by atoms with van der Waals surface area (Å²) >= 11 is 0. The Morgan fingerprint density at radius 2 is 1.87 bits per heavy atom. The molecule has 3 aromatic rings. The second-order valence-electron chi connectivity index (χ2n) is 6.10. The maximum Gasteiger partial charge on any atom is 0.200 e. The molecular weight excluding hydrogens is 292 g/mol. The van der Waals surface area contributed by atoms with E-state index in [0.29, 0.717) is 22.3 Å². The number of hydrogen-bond acceptors (Lipinski definition) is 4. The fraction of sp³-hybridized carbons (Fsp3) is 0.211. The standard InChI is InChI=1S/C19H18O4/c1-19(2,21)12-23-14-8-9-15-17(10-14)22-11-16(18(15)20)13-6-4-3-5-7-13/h3-11,21H,12H2,1-2H3. The van der Waals surface area contributed by atoms with Crippen LogP contribution in [0.2, 0.25) is 0 Å². The van der Waals surface area contributed by atoms with Crippen molar-refractivity contribution >= 4 is 11.0 Å². The molecule has 0 saturated heterocycles. The Labute approximate surface area is 134 Å². The Kier molecular flexibility index (Phi) is 3.92. The molecule has 0 amide bonds. The van der Waals surface area contributed by atoms with Gasteiger partial charge in [0.1, 0.15) is 24.2 Å². The fourth-order valence-electron chi connectivity index (χ4n) is 2.28. The van der Waals surface area contributed by atoms with E-state index in [1.807, 2.05) is 30.3 Å². The van der Waals surface area contributed by atoms with Crippen molar-refractivity contribution in [2.45, 2.75) is 19.4 Å². The molecule has 0 aliphatic carbocycles. The van der Waals surface area contributed by atoms with Crippen molar-refractivity contribution in [3.8, 4) is 16.9 Å². The normalized spacial score (nSPS) is 11.6. The van der Waals surface area contributed by atoms with Gasteiger partial charge in [-0.1, -0.05) is 30.3 Å². The van der Waals surface area contributed by atoms with Gasteiger partial charge in [-0.25, -0.2) is 0 Å². The predicted molar refractivity (Wildman–Crippen MR) is 89.7 cm³/mol. The van der Waals surface area contributed by atoms with Gasteiger partial charge in [-0.15, -0.1) is 0 Å². The number of benzene rings is 2. The Hall–Kier alpha value is -2.59. The summed E-state index contributed by atoms with van der Waals surface area (Å²) in [7, 11) is 0. The molecule has 0 radical (unpaired) electrons. The maximum absolute atomic E-state index is 12.6. The van der Waals surface area contributed by atoms with Crippen molar-refractivity contribution in [1.29, 1.82) is 0 Å². The van der Waals surface area contributed by atoms with Gasteiger partial charge in [0.2, 0.25) is 0 Å². The molecule has 0 spiro atoms. The molecule has 0 saturated carbocycles. The van der Waals surface area contributed by atoms with E-state index in [1.165, 1.54) is 6.26 Å². The zero-order valence-corrected chi connectivity index (χ0v) is 13.1. The third-order valence-electron chi connectivity index (χ3n) is 3.42. The molecule has 3 rings (SSSR count). The molecule has 4 heteroatoms. The molecule has 4 nitrogen and oxygen atoms in total. The minimum Gasteiger partial charge on any atom is -0.490 e. The molecule has 0 aliphatic rings. The summed E-state index contributed by atoms with van der Waals surface area (Å²) in [6.07, 6.45) is 1.47. The van der Waals surface area contributed by atoms with Crippen molar-refractivity contribution < 1.29 is 14.3 Å². The van der Waals surface area contributed by atoms with E-state index < -0.39 is 5.60 Å². The topological polar surface area (TPSA) is 59.7 Å². The quantitative estimate of drug-likeness (QED) is 0.799. The first-order valence-corrected chi connectivity index (χ1v) is 7.40. The summed E-state index contributed by atoms with van der Waals surface area (Å²) < 4.78 is 11.1. The van der Waals surface area contributed by atoms with Gasteiger partial charge in [-0.05, 0) is 31.5 Å². The summed E-state index contributed by atoms with van der Waals surface area (Å²) in [4.78, 5) is 12.6. The van der Waals surface area contributed by atoms with Crippen LogP contribution < -0.4 is 10.2 Å². The Bertz CT molecular complexity index is 873. The molecule has 1 aromatic heterocycles. The first kappa shape index (κ1) is 15.3. The van der Waals surface area contributed by atoms with E-state index in [-0.39, 0.29) is 12.0 Å². The minimum absolute atomic E-state index is 0.0773. The van der Waals surface area contributed by atoms with E-state index in [2.05, 4.69) is 0 Å². The molecule has 23 heavy (non-hydrogen) atoms.